The molecule has 2 aliphatic heterocycles. The van der Waals surface area contributed by atoms with Gasteiger partial charge >= 0.3 is 0 Å². The largest absolute Gasteiger partial charge is 0.493 e. The summed E-state index contributed by atoms with van der Waals surface area (Å²) in [6.07, 6.45) is 2.30. The van der Waals surface area contributed by atoms with Gasteiger partial charge < -0.3 is 14.2 Å². The molecule has 35 heavy (non-hydrogen) atoms. The Kier molecular flexibility index (Phi) is 6.81. The van der Waals surface area contributed by atoms with Crippen molar-refractivity contribution in [1.82, 2.24) is 5.01 Å². The summed E-state index contributed by atoms with van der Waals surface area (Å²) in [4.78, 5) is 0. The van der Waals surface area contributed by atoms with E-state index in [0.29, 0.717) is 33.9 Å². The van der Waals surface area contributed by atoms with Crippen LogP contribution in [0.25, 0.3) is 0 Å². The lowest BCUT2D eigenvalue weighted by Crippen LogP contribution is -2.33. The molecule has 0 N–H and O–H groups in total. The fourth-order valence-corrected chi connectivity index (χ4v) is 5.09. The lowest BCUT2D eigenvalue weighted by Gasteiger charge is -2.38. The Bertz CT molecular complexity index is 1260. The van der Waals surface area contributed by atoms with Crippen molar-refractivity contribution in [2.75, 3.05) is 13.7 Å². The average molecular weight is 511 g/mol. The Morgan fingerprint density at radius 2 is 1.86 bits per heavy atom. The number of fused-ring (bicyclic) bond motifs is 3. The number of hydrazone groups is 1. The first kappa shape index (κ1) is 23.8. The summed E-state index contributed by atoms with van der Waals surface area (Å²) >= 11 is 13.0. The van der Waals surface area contributed by atoms with Crippen LogP contribution in [0, 0.1) is 6.92 Å². The number of unbranched alkanes of at least 4 members (excludes halogenated alkanes) is 1. The van der Waals surface area contributed by atoms with Gasteiger partial charge in [-0.05, 0) is 49.2 Å². The molecule has 0 radical (unpaired) electrons. The third-order valence-electron chi connectivity index (χ3n) is 6.42. The predicted molar refractivity (Wildman–Crippen MR) is 140 cm³/mol. The van der Waals surface area contributed by atoms with Crippen molar-refractivity contribution in [3.8, 4) is 17.2 Å². The van der Waals surface area contributed by atoms with Crippen LogP contribution in [-0.4, -0.2) is 24.4 Å². The van der Waals surface area contributed by atoms with E-state index in [-0.39, 0.29) is 6.04 Å². The van der Waals surface area contributed by atoms with Crippen LogP contribution in [-0.2, 0) is 0 Å². The molecule has 182 valence electrons. The standard InChI is InChI=1S/C28H28Cl2N2O3/c1-4-5-12-34-25-11-10-19(13-26(25)33-3)28-32-24(21-14-20(29)15-22(30)27(21)35-28)16-23(31-32)18-8-6-17(2)7-9-18/h6-11,13-15,24,28H,4-5,12,16H2,1-3H3/t24-,28+/m0/s1. The van der Waals surface area contributed by atoms with Crippen LogP contribution < -0.4 is 14.2 Å². The first-order chi connectivity index (χ1) is 17.0. The Hall–Kier alpha value is -2.89. The number of methoxy groups -OCH3 is 1. The van der Waals surface area contributed by atoms with Gasteiger partial charge in [0, 0.05) is 22.6 Å². The minimum absolute atomic E-state index is 0.0530. The normalized spacial score (nSPS) is 18.4. The number of rotatable bonds is 7. The van der Waals surface area contributed by atoms with Crippen LogP contribution in [0.1, 0.15) is 60.7 Å². The smallest absolute Gasteiger partial charge is 0.214 e. The highest BCUT2D eigenvalue weighted by atomic mass is 35.5. The fourth-order valence-electron chi connectivity index (χ4n) is 4.54. The van der Waals surface area contributed by atoms with Crippen molar-refractivity contribution in [1.29, 1.82) is 0 Å². The van der Waals surface area contributed by atoms with E-state index in [4.69, 9.17) is 42.5 Å². The van der Waals surface area contributed by atoms with Crippen molar-refractivity contribution in [3.63, 3.8) is 0 Å². The summed E-state index contributed by atoms with van der Waals surface area (Å²) in [6.45, 7) is 4.86. The number of halogens is 2. The molecule has 0 aliphatic carbocycles. The first-order valence-corrected chi connectivity index (χ1v) is 12.6. The monoisotopic (exact) mass is 510 g/mol. The molecule has 0 aromatic heterocycles. The van der Waals surface area contributed by atoms with Crippen LogP contribution in [0.5, 0.6) is 17.2 Å². The second-order valence-corrected chi connectivity index (χ2v) is 9.74. The second kappa shape index (κ2) is 10.00. The molecule has 0 bridgehead atoms. The maximum Gasteiger partial charge on any atom is 0.214 e. The van der Waals surface area contributed by atoms with Crippen molar-refractivity contribution in [3.05, 3.63) is 86.9 Å². The average Bonchev–Trinajstić information content (AvgIpc) is 3.30. The Balaban J connectivity index is 1.55. The maximum atomic E-state index is 6.61. The number of benzene rings is 3. The van der Waals surface area contributed by atoms with Crippen LogP contribution in [0.3, 0.4) is 0 Å². The van der Waals surface area contributed by atoms with Crippen molar-refractivity contribution < 1.29 is 14.2 Å². The van der Waals surface area contributed by atoms with E-state index in [0.717, 1.165) is 41.7 Å². The summed E-state index contributed by atoms with van der Waals surface area (Å²) in [7, 11) is 1.65. The van der Waals surface area contributed by atoms with Crippen LogP contribution in [0.4, 0.5) is 0 Å². The molecule has 0 fully saturated rings. The van der Waals surface area contributed by atoms with Gasteiger partial charge in [-0.1, -0.05) is 66.4 Å². The topological polar surface area (TPSA) is 43.3 Å². The summed E-state index contributed by atoms with van der Waals surface area (Å²) in [5, 5.41) is 8.11. The Morgan fingerprint density at radius 1 is 1.06 bits per heavy atom. The number of nitrogens with zero attached hydrogens (tertiary/aromatic N) is 2. The van der Waals surface area contributed by atoms with Crippen LogP contribution >= 0.6 is 23.2 Å². The molecular formula is C28H28Cl2N2O3. The molecular weight excluding hydrogens is 483 g/mol. The van der Waals surface area contributed by atoms with E-state index in [1.165, 1.54) is 5.56 Å². The highest BCUT2D eigenvalue weighted by molar-refractivity contribution is 6.35. The Labute approximate surface area is 216 Å². The lowest BCUT2D eigenvalue weighted by molar-refractivity contribution is -0.0190. The minimum Gasteiger partial charge on any atom is -0.493 e. The molecule has 0 saturated heterocycles. The van der Waals surface area contributed by atoms with Gasteiger partial charge in [-0.3, -0.25) is 0 Å². The molecule has 2 atom stereocenters. The van der Waals surface area contributed by atoms with E-state index in [1.807, 2.05) is 29.3 Å². The second-order valence-electron chi connectivity index (χ2n) is 8.90. The van der Waals surface area contributed by atoms with Crippen LogP contribution in [0.15, 0.2) is 59.7 Å². The molecule has 3 aromatic rings. The molecule has 2 aliphatic rings. The van der Waals surface area contributed by atoms with E-state index >= 15 is 0 Å². The molecule has 7 heteroatoms. The zero-order chi connectivity index (χ0) is 24.5. The van der Waals surface area contributed by atoms with Crippen molar-refractivity contribution in [2.45, 2.75) is 45.4 Å². The summed E-state index contributed by atoms with van der Waals surface area (Å²) in [6, 6.07) is 17.9. The highest BCUT2D eigenvalue weighted by Gasteiger charge is 2.42. The lowest BCUT2D eigenvalue weighted by atomic mass is 9.95. The third-order valence-corrected chi connectivity index (χ3v) is 6.92. The van der Waals surface area contributed by atoms with Gasteiger partial charge in [0.25, 0.3) is 0 Å². The SMILES string of the molecule is CCCCOc1ccc([C@H]2Oc3c(Cl)cc(Cl)cc3[C@@H]3CC(c4ccc(C)cc4)=NN23)cc1OC. The molecule has 0 spiro atoms. The maximum absolute atomic E-state index is 6.61. The van der Waals surface area contributed by atoms with Gasteiger partial charge in [0.2, 0.25) is 6.23 Å². The molecule has 0 saturated carbocycles. The Morgan fingerprint density at radius 3 is 2.60 bits per heavy atom. The molecule has 3 aromatic carbocycles. The summed E-state index contributed by atoms with van der Waals surface area (Å²) in [5.74, 6) is 2.02. The van der Waals surface area contributed by atoms with Gasteiger partial charge in [-0.25, -0.2) is 5.01 Å². The van der Waals surface area contributed by atoms with Gasteiger partial charge in [0.05, 0.1) is 30.5 Å². The van der Waals surface area contributed by atoms with E-state index in [1.54, 1.807) is 13.2 Å². The van der Waals surface area contributed by atoms with E-state index in [2.05, 4.69) is 38.1 Å². The number of aryl methyl sites for hydroxylation is 1. The van der Waals surface area contributed by atoms with Gasteiger partial charge in [0.1, 0.15) is 5.75 Å². The van der Waals surface area contributed by atoms with Gasteiger partial charge in [0.15, 0.2) is 11.5 Å². The quantitative estimate of drug-likeness (QED) is 0.305. The number of ether oxygens (including phenoxy) is 3. The third kappa shape index (κ3) is 4.67. The first-order valence-electron chi connectivity index (χ1n) is 11.9. The summed E-state index contributed by atoms with van der Waals surface area (Å²) in [5.41, 5.74) is 5.15. The van der Waals surface area contributed by atoms with Gasteiger partial charge in [-0.15, -0.1) is 0 Å². The molecule has 2 heterocycles. The van der Waals surface area contributed by atoms with Crippen molar-refractivity contribution >= 4 is 28.9 Å². The number of hydrogen-bond acceptors (Lipinski definition) is 5. The predicted octanol–water partition coefficient (Wildman–Crippen LogP) is 7.73. The summed E-state index contributed by atoms with van der Waals surface area (Å²) < 4.78 is 18.1. The van der Waals surface area contributed by atoms with E-state index < -0.39 is 6.23 Å². The molecule has 0 amide bonds. The van der Waals surface area contributed by atoms with Crippen molar-refractivity contribution in [2.24, 2.45) is 5.10 Å². The van der Waals surface area contributed by atoms with Gasteiger partial charge in [-0.2, -0.15) is 5.10 Å². The van der Waals surface area contributed by atoms with E-state index in [9.17, 15) is 0 Å². The fraction of sp³-hybridized carbons (Fsp3) is 0.321. The number of hydrogen-bond donors (Lipinski definition) is 0. The minimum atomic E-state index is -0.479. The highest BCUT2D eigenvalue weighted by Crippen LogP contribution is 2.51. The molecule has 5 nitrogen and oxygen atoms in total. The molecule has 5 rings (SSSR count). The zero-order valence-corrected chi connectivity index (χ0v) is 21.6. The zero-order valence-electron chi connectivity index (χ0n) is 20.1. The van der Waals surface area contributed by atoms with Crippen LogP contribution in [0.2, 0.25) is 10.0 Å². The molecule has 0 unspecified atom stereocenters.